The highest BCUT2D eigenvalue weighted by Gasteiger charge is 2.57. The standard InChI is InChI=1S/C18H21Cl2N3O4/c19-13-3-9-6-23(7-10(9)4-14(13)20)15(25)11(8-24)5-18(12-1-2-12)16(26)21-17(27)22-18/h3-4,11-12,17,22,24,27H,1-2,5-8H2,(H,21,26). The number of hydrogen-bond acceptors (Lipinski definition) is 5. The van der Waals surface area contributed by atoms with E-state index in [1.54, 1.807) is 17.0 Å². The number of aliphatic hydroxyl groups is 2. The van der Waals surface area contributed by atoms with Crippen LogP contribution in [0.5, 0.6) is 0 Å². The zero-order valence-electron chi connectivity index (χ0n) is 14.5. The third-order valence-corrected chi connectivity index (χ3v) is 6.48. The van der Waals surface area contributed by atoms with Gasteiger partial charge in [-0.05, 0) is 48.4 Å². The van der Waals surface area contributed by atoms with Crippen LogP contribution >= 0.6 is 23.2 Å². The number of carbonyl (C=O) groups excluding carboxylic acids is 2. The number of nitrogens with zero attached hydrogens (tertiary/aromatic N) is 1. The van der Waals surface area contributed by atoms with Crippen LogP contribution in [0.25, 0.3) is 0 Å². The first kappa shape index (κ1) is 19.0. The van der Waals surface area contributed by atoms with E-state index >= 15 is 0 Å². The number of aliphatic hydroxyl groups excluding tert-OH is 2. The first-order valence-electron chi connectivity index (χ1n) is 8.97. The monoisotopic (exact) mass is 413 g/mol. The first-order valence-corrected chi connectivity index (χ1v) is 9.73. The van der Waals surface area contributed by atoms with Gasteiger partial charge in [0, 0.05) is 13.1 Å². The van der Waals surface area contributed by atoms with Crippen LogP contribution in [0.15, 0.2) is 12.1 Å². The highest BCUT2D eigenvalue weighted by atomic mass is 35.5. The molecule has 1 saturated heterocycles. The smallest absolute Gasteiger partial charge is 0.243 e. The van der Waals surface area contributed by atoms with Crippen molar-refractivity contribution in [2.75, 3.05) is 6.61 Å². The van der Waals surface area contributed by atoms with Gasteiger partial charge in [-0.1, -0.05) is 23.2 Å². The summed E-state index contributed by atoms with van der Waals surface area (Å²) in [5.74, 6) is -1.22. The van der Waals surface area contributed by atoms with Crippen LogP contribution in [0, 0.1) is 11.8 Å². The Balaban J connectivity index is 1.51. The fourth-order valence-corrected chi connectivity index (χ4v) is 4.59. The maximum absolute atomic E-state index is 13.1. The highest BCUT2D eigenvalue weighted by Crippen LogP contribution is 2.45. The van der Waals surface area contributed by atoms with Crippen molar-refractivity contribution in [1.82, 2.24) is 15.5 Å². The zero-order chi connectivity index (χ0) is 19.3. The molecule has 3 unspecified atom stereocenters. The van der Waals surface area contributed by atoms with Gasteiger partial charge < -0.3 is 20.4 Å². The summed E-state index contributed by atoms with van der Waals surface area (Å²) in [5, 5.41) is 25.9. The van der Waals surface area contributed by atoms with Crippen molar-refractivity contribution in [3.8, 4) is 0 Å². The van der Waals surface area contributed by atoms with Crippen LogP contribution in [0.3, 0.4) is 0 Å². The van der Waals surface area contributed by atoms with Gasteiger partial charge in [-0.2, -0.15) is 0 Å². The van der Waals surface area contributed by atoms with Crippen molar-refractivity contribution in [3.05, 3.63) is 33.3 Å². The van der Waals surface area contributed by atoms with Crippen molar-refractivity contribution in [3.63, 3.8) is 0 Å². The van der Waals surface area contributed by atoms with E-state index in [1.165, 1.54) is 0 Å². The molecule has 146 valence electrons. The third-order valence-electron chi connectivity index (χ3n) is 5.76. The molecule has 1 aliphatic carbocycles. The number of benzene rings is 1. The van der Waals surface area contributed by atoms with Gasteiger partial charge in [-0.25, -0.2) is 0 Å². The summed E-state index contributed by atoms with van der Waals surface area (Å²) in [7, 11) is 0. The summed E-state index contributed by atoms with van der Waals surface area (Å²) in [5.41, 5.74) is 0.846. The van der Waals surface area contributed by atoms with Gasteiger partial charge in [0.05, 0.1) is 22.6 Å². The fraction of sp³-hybridized carbons (Fsp3) is 0.556. The third kappa shape index (κ3) is 3.32. The lowest BCUT2D eigenvalue weighted by atomic mass is 9.82. The molecule has 0 bridgehead atoms. The quantitative estimate of drug-likeness (QED) is 0.576. The molecule has 1 aromatic rings. The van der Waals surface area contributed by atoms with E-state index in [1.807, 2.05) is 0 Å². The summed E-state index contributed by atoms with van der Waals surface area (Å²) >= 11 is 12.1. The predicted molar refractivity (Wildman–Crippen MR) is 98.6 cm³/mol. The van der Waals surface area contributed by atoms with Crippen LogP contribution in [0.2, 0.25) is 10.0 Å². The molecule has 0 radical (unpaired) electrons. The minimum Gasteiger partial charge on any atom is -0.396 e. The number of fused-ring (bicyclic) bond motifs is 1. The normalized spacial score (nSPS) is 28.2. The Kier molecular flexibility index (Phi) is 4.84. The molecule has 7 nitrogen and oxygen atoms in total. The van der Waals surface area contributed by atoms with E-state index in [0.29, 0.717) is 23.1 Å². The minimum atomic E-state index is -1.13. The first-order chi connectivity index (χ1) is 12.8. The number of rotatable bonds is 5. The van der Waals surface area contributed by atoms with Gasteiger partial charge in [0.1, 0.15) is 5.54 Å². The Morgan fingerprint density at radius 3 is 2.30 bits per heavy atom. The predicted octanol–water partition coefficient (Wildman–Crippen LogP) is 0.978. The van der Waals surface area contributed by atoms with E-state index < -0.39 is 17.8 Å². The topological polar surface area (TPSA) is 102 Å². The van der Waals surface area contributed by atoms with E-state index in [2.05, 4.69) is 10.6 Å². The van der Waals surface area contributed by atoms with Crippen molar-refractivity contribution < 1.29 is 19.8 Å². The van der Waals surface area contributed by atoms with Gasteiger partial charge in [-0.15, -0.1) is 0 Å². The molecule has 2 aliphatic heterocycles. The van der Waals surface area contributed by atoms with Crippen LogP contribution in [-0.4, -0.2) is 45.4 Å². The average molecular weight is 414 g/mol. The Bertz CT molecular complexity index is 770. The molecule has 1 saturated carbocycles. The molecule has 0 spiro atoms. The minimum absolute atomic E-state index is 0.0601. The Morgan fingerprint density at radius 1 is 1.26 bits per heavy atom. The van der Waals surface area contributed by atoms with Crippen molar-refractivity contribution in [1.29, 1.82) is 0 Å². The average Bonchev–Trinajstić information content (AvgIpc) is 3.34. The number of halogens is 2. The maximum Gasteiger partial charge on any atom is 0.243 e. The molecule has 0 aromatic heterocycles. The summed E-state index contributed by atoms with van der Waals surface area (Å²) in [6, 6.07) is 3.52. The van der Waals surface area contributed by atoms with Crippen LogP contribution < -0.4 is 10.6 Å². The van der Waals surface area contributed by atoms with Gasteiger partial charge in [0.25, 0.3) is 0 Å². The summed E-state index contributed by atoms with van der Waals surface area (Å²) in [6.45, 7) is 0.410. The van der Waals surface area contributed by atoms with Gasteiger partial charge >= 0.3 is 0 Å². The number of hydrogen-bond donors (Lipinski definition) is 4. The highest BCUT2D eigenvalue weighted by molar-refractivity contribution is 6.42. The SMILES string of the molecule is O=C(C(CO)CC1(C2CC2)NC(O)NC1=O)N1Cc2cc(Cl)c(Cl)cc2C1. The molecule has 2 fully saturated rings. The molecule has 2 heterocycles. The van der Waals surface area contributed by atoms with E-state index in [-0.39, 0.29) is 30.8 Å². The van der Waals surface area contributed by atoms with Gasteiger partial charge in [0.15, 0.2) is 6.35 Å². The molecular formula is C18H21Cl2N3O4. The van der Waals surface area contributed by atoms with Crippen molar-refractivity contribution in [2.24, 2.45) is 11.8 Å². The van der Waals surface area contributed by atoms with Crippen LogP contribution in [0.1, 0.15) is 30.4 Å². The molecule has 4 N–H and O–H groups in total. The summed E-state index contributed by atoms with van der Waals surface area (Å²) in [6.07, 6.45) is 0.717. The van der Waals surface area contributed by atoms with E-state index in [0.717, 1.165) is 24.0 Å². The number of carbonyl (C=O) groups is 2. The van der Waals surface area contributed by atoms with Crippen molar-refractivity contribution in [2.45, 2.75) is 44.2 Å². The van der Waals surface area contributed by atoms with Gasteiger partial charge in [-0.3, -0.25) is 14.9 Å². The lowest BCUT2D eigenvalue weighted by molar-refractivity contribution is -0.139. The molecule has 27 heavy (non-hydrogen) atoms. The second-order valence-corrected chi connectivity index (χ2v) is 8.39. The van der Waals surface area contributed by atoms with Crippen molar-refractivity contribution >= 4 is 35.0 Å². The molecule has 2 amide bonds. The Morgan fingerprint density at radius 2 is 1.85 bits per heavy atom. The molecule has 1 aromatic carbocycles. The lowest BCUT2D eigenvalue weighted by Gasteiger charge is -2.31. The molecule has 3 aliphatic rings. The second-order valence-electron chi connectivity index (χ2n) is 7.58. The summed E-state index contributed by atoms with van der Waals surface area (Å²) < 4.78 is 0. The second kappa shape index (κ2) is 6.90. The molecule has 4 rings (SSSR count). The molecular weight excluding hydrogens is 393 g/mol. The Hall–Kier alpha value is -1.38. The van der Waals surface area contributed by atoms with Crippen LogP contribution in [-0.2, 0) is 22.7 Å². The van der Waals surface area contributed by atoms with Crippen LogP contribution in [0.4, 0.5) is 0 Å². The Labute approximate surface area is 166 Å². The molecule has 9 heteroatoms. The maximum atomic E-state index is 13.1. The van der Waals surface area contributed by atoms with Gasteiger partial charge in [0.2, 0.25) is 11.8 Å². The zero-order valence-corrected chi connectivity index (χ0v) is 16.1. The van der Waals surface area contributed by atoms with E-state index in [4.69, 9.17) is 23.2 Å². The molecule has 3 atom stereocenters. The fourth-order valence-electron chi connectivity index (χ4n) is 4.22. The largest absolute Gasteiger partial charge is 0.396 e. The number of nitrogens with one attached hydrogen (secondary N) is 2. The lowest BCUT2D eigenvalue weighted by Crippen LogP contribution is -2.53. The van der Waals surface area contributed by atoms with E-state index in [9.17, 15) is 19.8 Å². The summed E-state index contributed by atoms with van der Waals surface area (Å²) in [4.78, 5) is 27.2. The number of amides is 2.